The predicted octanol–water partition coefficient (Wildman–Crippen LogP) is 4.63. The molecular formula is C24H26ClN3O2. The molecule has 2 heterocycles. The second-order valence-electron chi connectivity index (χ2n) is 8.03. The first-order chi connectivity index (χ1) is 14.5. The number of piperidine rings is 1. The summed E-state index contributed by atoms with van der Waals surface area (Å²) in [6, 6.07) is 17.3. The Morgan fingerprint density at radius 1 is 1.13 bits per heavy atom. The van der Waals surface area contributed by atoms with Crippen molar-refractivity contribution in [2.75, 3.05) is 13.1 Å². The van der Waals surface area contributed by atoms with E-state index in [4.69, 9.17) is 11.6 Å². The molecule has 1 saturated heterocycles. The number of aromatic nitrogens is 1. The number of amides is 2. The van der Waals surface area contributed by atoms with E-state index in [1.54, 1.807) is 0 Å². The van der Waals surface area contributed by atoms with Crippen LogP contribution in [0.1, 0.15) is 35.8 Å². The second kappa shape index (κ2) is 8.92. The molecule has 0 spiro atoms. The van der Waals surface area contributed by atoms with Gasteiger partial charge in [0.2, 0.25) is 5.91 Å². The van der Waals surface area contributed by atoms with Crippen molar-refractivity contribution in [3.8, 4) is 0 Å². The fourth-order valence-corrected chi connectivity index (χ4v) is 4.25. The fourth-order valence-electron chi connectivity index (χ4n) is 4.13. The topological polar surface area (TPSA) is 65.2 Å². The van der Waals surface area contributed by atoms with Crippen LogP contribution in [-0.4, -0.2) is 34.8 Å². The van der Waals surface area contributed by atoms with E-state index in [0.29, 0.717) is 30.4 Å². The van der Waals surface area contributed by atoms with Crippen molar-refractivity contribution in [2.24, 2.45) is 11.8 Å². The summed E-state index contributed by atoms with van der Waals surface area (Å²) in [4.78, 5) is 30.6. The molecule has 1 atom stereocenters. The van der Waals surface area contributed by atoms with Gasteiger partial charge in [0, 0.05) is 41.5 Å². The number of para-hydroxylation sites is 1. The van der Waals surface area contributed by atoms with E-state index in [2.05, 4.69) is 10.3 Å². The molecule has 0 saturated carbocycles. The maximum Gasteiger partial charge on any atom is 0.270 e. The Morgan fingerprint density at radius 3 is 2.53 bits per heavy atom. The van der Waals surface area contributed by atoms with E-state index in [-0.39, 0.29) is 23.7 Å². The first kappa shape index (κ1) is 20.5. The Kier molecular flexibility index (Phi) is 6.09. The highest BCUT2D eigenvalue weighted by Gasteiger charge is 2.30. The maximum absolute atomic E-state index is 12.9. The molecule has 2 aromatic carbocycles. The normalized spacial score (nSPS) is 15.9. The smallest absolute Gasteiger partial charge is 0.270 e. The molecule has 4 rings (SSSR count). The minimum atomic E-state index is -0.0809. The molecule has 1 aliphatic heterocycles. The number of halogens is 1. The van der Waals surface area contributed by atoms with Gasteiger partial charge in [-0.25, -0.2) is 0 Å². The first-order valence-corrected chi connectivity index (χ1v) is 10.8. The number of H-pyrrole nitrogens is 1. The van der Waals surface area contributed by atoms with Gasteiger partial charge in [-0.05, 0) is 48.6 Å². The average Bonchev–Trinajstić information content (AvgIpc) is 3.22. The van der Waals surface area contributed by atoms with E-state index in [1.807, 2.05) is 66.4 Å². The lowest BCUT2D eigenvalue weighted by Gasteiger charge is -2.34. The molecule has 2 amide bonds. The zero-order chi connectivity index (χ0) is 21.1. The molecule has 6 heteroatoms. The number of hydrogen-bond acceptors (Lipinski definition) is 2. The Hall–Kier alpha value is -2.79. The number of nitrogens with one attached hydrogen (secondary N) is 2. The highest BCUT2D eigenvalue weighted by molar-refractivity contribution is 6.30. The van der Waals surface area contributed by atoms with Crippen LogP contribution < -0.4 is 5.32 Å². The summed E-state index contributed by atoms with van der Waals surface area (Å²) in [6.07, 6.45) is 1.67. The molecule has 1 aliphatic rings. The molecule has 2 N–H and O–H groups in total. The number of nitrogens with zero attached hydrogens (tertiary/aromatic N) is 1. The molecule has 1 fully saturated rings. The summed E-state index contributed by atoms with van der Waals surface area (Å²) in [6.45, 7) is 3.83. The number of likely N-dealkylation sites (tertiary alicyclic amines) is 1. The van der Waals surface area contributed by atoms with Crippen LogP contribution in [0.5, 0.6) is 0 Å². The van der Waals surface area contributed by atoms with Crippen LogP contribution in [0.3, 0.4) is 0 Å². The Balaban J connectivity index is 1.29. The van der Waals surface area contributed by atoms with Crippen molar-refractivity contribution >= 4 is 34.3 Å². The largest absolute Gasteiger partial charge is 0.352 e. The number of carbonyl (C=O) groups excluding carboxylic acids is 2. The van der Waals surface area contributed by atoms with Crippen LogP contribution in [0.2, 0.25) is 5.02 Å². The maximum atomic E-state index is 12.9. The van der Waals surface area contributed by atoms with E-state index in [0.717, 1.165) is 29.3 Å². The third kappa shape index (κ3) is 4.51. The average molecular weight is 424 g/mol. The zero-order valence-corrected chi connectivity index (χ0v) is 17.8. The van der Waals surface area contributed by atoms with Crippen molar-refractivity contribution in [1.82, 2.24) is 15.2 Å². The van der Waals surface area contributed by atoms with Crippen molar-refractivity contribution < 1.29 is 9.59 Å². The van der Waals surface area contributed by atoms with Gasteiger partial charge in [0.25, 0.3) is 5.91 Å². The van der Waals surface area contributed by atoms with Gasteiger partial charge in [0.05, 0.1) is 0 Å². The molecule has 0 bridgehead atoms. The first-order valence-electron chi connectivity index (χ1n) is 10.4. The number of hydrogen-bond donors (Lipinski definition) is 2. The number of benzene rings is 2. The van der Waals surface area contributed by atoms with Crippen molar-refractivity contribution in [3.63, 3.8) is 0 Å². The number of rotatable bonds is 5. The van der Waals surface area contributed by atoms with E-state index >= 15 is 0 Å². The summed E-state index contributed by atoms with van der Waals surface area (Å²) >= 11 is 5.90. The fraction of sp³-hybridized carbons (Fsp3) is 0.333. The number of carbonyl (C=O) groups is 2. The van der Waals surface area contributed by atoms with Gasteiger partial charge < -0.3 is 15.2 Å². The lowest BCUT2D eigenvalue weighted by atomic mass is 9.84. The monoisotopic (exact) mass is 423 g/mol. The molecule has 5 nitrogen and oxygen atoms in total. The standard InChI is InChI=1S/C24H26ClN3O2/c1-16(23(29)26-15-17-6-8-20(25)9-7-17)18-10-12-28(13-11-18)24(30)22-14-19-4-2-3-5-21(19)27-22/h2-9,14,16,18,27H,10-13,15H2,1H3,(H,26,29)/t16-/m1/s1. The SMILES string of the molecule is C[C@@H](C(=O)NCc1ccc(Cl)cc1)C1CCN(C(=O)c2cc3ccccc3[nH]2)CC1. The van der Waals surface area contributed by atoms with Gasteiger partial charge in [-0.15, -0.1) is 0 Å². The second-order valence-corrected chi connectivity index (χ2v) is 8.47. The van der Waals surface area contributed by atoms with Crippen molar-refractivity contribution in [1.29, 1.82) is 0 Å². The highest BCUT2D eigenvalue weighted by Crippen LogP contribution is 2.26. The van der Waals surface area contributed by atoms with Crippen molar-refractivity contribution in [3.05, 3.63) is 70.9 Å². The van der Waals surface area contributed by atoms with E-state index in [9.17, 15) is 9.59 Å². The highest BCUT2D eigenvalue weighted by atomic mass is 35.5. The van der Waals surface area contributed by atoms with Crippen LogP contribution >= 0.6 is 11.6 Å². The number of fused-ring (bicyclic) bond motifs is 1. The van der Waals surface area contributed by atoms with Crippen LogP contribution in [0.4, 0.5) is 0 Å². The Bertz CT molecular complexity index is 1000. The van der Waals surface area contributed by atoms with Gasteiger partial charge in [-0.3, -0.25) is 9.59 Å². The van der Waals surface area contributed by atoms with Gasteiger partial charge in [0.15, 0.2) is 0 Å². The zero-order valence-electron chi connectivity index (χ0n) is 17.0. The molecule has 1 aromatic heterocycles. The minimum Gasteiger partial charge on any atom is -0.352 e. The molecule has 30 heavy (non-hydrogen) atoms. The van der Waals surface area contributed by atoms with Crippen LogP contribution in [0.25, 0.3) is 10.9 Å². The van der Waals surface area contributed by atoms with Gasteiger partial charge in [-0.2, -0.15) is 0 Å². The lowest BCUT2D eigenvalue weighted by Crippen LogP contribution is -2.42. The van der Waals surface area contributed by atoms with Crippen molar-refractivity contribution in [2.45, 2.75) is 26.3 Å². The summed E-state index contributed by atoms with van der Waals surface area (Å²) in [5, 5.41) is 4.75. The summed E-state index contributed by atoms with van der Waals surface area (Å²) in [5.74, 6) is 0.291. The van der Waals surface area contributed by atoms with Gasteiger partial charge in [-0.1, -0.05) is 48.9 Å². The Morgan fingerprint density at radius 2 is 1.83 bits per heavy atom. The van der Waals surface area contributed by atoms with Crippen LogP contribution in [0.15, 0.2) is 54.6 Å². The molecule has 0 unspecified atom stereocenters. The predicted molar refractivity (Wildman–Crippen MR) is 119 cm³/mol. The molecule has 156 valence electrons. The van der Waals surface area contributed by atoms with Crippen LogP contribution in [0, 0.1) is 11.8 Å². The molecule has 0 aliphatic carbocycles. The summed E-state index contributed by atoms with van der Waals surface area (Å²) in [5.41, 5.74) is 2.63. The van der Waals surface area contributed by atoms with E-state index < -0.39 is 0 Å². The lowest BCUT2D eigenvalue weighted by molar-refractivity contribution is -0.126. The quantitative estimate of drug-likeness (QED) is 0.628. The molecular weight excluding hydrogens is 398 g/mol. The summed E-state index contributed by atoms with van der Waals surface area (Å²) in [7, 11) is 0. The van der Waals surface area contributed by atoms with Gasteiger partial charge >= 0.3 is 0 Å². The van der Waals surface area contributed by atoms with Gasteiger partial charge in [0.1, 0.15) is 5.69 Å². The molecule has 0 radical (unpaired) electrons. The third-order valence-electron chi connectivity index (χ3n) is 6.09. The molecule has 3 aromatic rings. The van der Waals surface area contributed by atoms with Crippen LogP contribution in [-0.2, 0) is 11.3 Å². The number of aromatic amines is 1. The van der Waals surface area contributed by atoms with E-state index in [1.165, 1.54) is 0 Å². The summed E-state index contributed by atoms with van der Waals surface area (Å²) < 4.78 is 0. The minimum absolute atomic E-state index is 0.0319. The Labute approximate surface area is 181 Å². The third-order valence-corrected chi connectivity index (χ3v) is 6.34.